The molecule has 4 atom stereocenters. The van der Waals surface area contributed by atoms with Crippen LogP contribution >= 0.6 is 0 Å². The first kappa shape index (κ1) is 18.2. The number of hydrogen-bond acceptors (Lipinski definition) is 6. The molecule has 2 aliphatic heterocycles. The van der Waals surface area contributed by atoms with Gasteiger partial charge in [0, 0.05) is 17.8 Å². The Hall–Kier alpha value is -0.820. The highest BCUT2D eigenvalue weighted by Gasteiger charge is 2.67. The van der Waals surface area contributed by atoms with Gasteiger partial charge < -0.3 is 18.9 Å². The quantitative estimate of drug-likeness (QED) is 0.699. The van der Waals surface area contributed by atoms with Crippen LogP contribution in [0.1, 0.15) is 58.3 Å². The van der Waals surface area contributed by atoms with E-state index in [1.54, 1.807) is 0 Å². The normalized spacial score (nSPS) is 43.4. The van der Waals surface area contributed by atoms with Gasteiger partial charge in [0.1, 0.15) is 5.78 Å². The molecule has 0 amide bonds. The molecule has 150 valence electrons. The minimum atomic E-state index is -1.20. The molecular formula is C21H30O6. The maximum atomic E-state index is 14.1. The molecule has 0 unspecified atom stereocenters. The van der Waals surface area contributed by atoms with Gasteiger partial charge in [0.2, 0.25) is 5.79 Å². The molecule has 0 radical (unpaired) electrons. The summed E-state index contributed by atoms with van der Waals surface area (Å²) in [5.74, 6) is -2.46. The summed E-state index contributed by atoms with van der Waals surface area (Å²) >= 11 is 0. The van der Waals surface area contributed by atoms with Crippen molar-refractivity contribution in [2.75, 3.05) is 26.4 Å². The Bertz CT molecular complexity index is 633. The molecule has 0 N–H and O–H groups in total. The molecule has 2 bridgehead atoms. The molecule has 3 aliphatic carbocycles. The third kappa shape index (κ3) is 2.39. The van der Waals surface area contributed by atoms with Crippen LogP contribution in [-0.2, 0) is 28.5 Å². The van der Waals surface area contributed by atoms with Crippen molar-refractivity contribution in [1.29, 1.82) is 0 Å². The van der Waals surface area contributed by atoms with E-state index in [0.29, 0.717) is 32.8 Å². The van der Waals surface area contributed by atoms with Gasteiger partial charge in [-0.2, -0.15) is 0 Å². The van der Waals surface area contributed by atoms with Gasteiger partial charge in [0.05, 0.1) is 31.8 Å². The van der Waals surface area contributed by atoms with Gasteiger partial charge in [-0.15, -0.1) is 0 Å². The molecule has 5 aliphatic rings. The maximum absolute atomic E-state index is 14.1. The van der Waals surface area contributed by atoms with Crippen LogP contribution in [0.15, 0.2) is 0 Å². The van der Waals surface area contributed by atoms with Crippen molar-refractivity contribution in [3.63, 3.8) is 0 Å². The summed E-state index contributed by atoms with van der Waals surface area (Å²) < 4.78 is 24.1. The summed E-state index contributed by atoms with van der Waals surface area (Å²) in [6.45, 7) is 3.81. The molecular weight excluding hydrogens is 348 g/mol. The molecule has 0 aromatic carbocycles. The van der Waals surface area contributed by atoms with Crippen molar-refractivity contribution in [2.24, 2.45) is 23.2 Å². The van der Waals surface area contributed by atoms with Gasteiger partial charge in [-0.1, -0.05) is 19.3 Å². The van der Waals surface area contributed by atoms with Crippen LogP contribution in [-0.4, -0.2) is 49.6 Å². The van der Waals surface area contributed by atoms with Crippen LogP contribution in [0, 0.1) is 23.2 Å². The lowest BCUT2D eigenvalue weighted by molar-refractivity contribution is -0.253. The third-order valence-electron chi connectivity index (χ3n) is 7.95. The Morgan fingerprint density at radius 3 is 2.22 bits per heavy atom. The fourth-order valence-electron chi connectivity index (χ4n) is 6.66. The number of rotatable bonds is 1. The minimum absolute atomic E-state index is 0.0649. The highest BCUT2D eigenvalue weighted by molar-refractivity contribution is 5.95. The fourth-order valence-corrected chi connectivity index (χ4v) is 6.66. The number of ketones is 2. The summed E-state index contributed by atoms with van der Waals surface area (Å²) in [4.78, 5) is 27.8. The Kier molecular flexibility index (Phi) is 4.28. The second-order valence-corrected chi connectivity index (χ2v) is 9.11. The molecule has 0 aromatic rings. The molecule has 0 aromatic heterocycles. The van der Waals surface area contributed by atoms with E-state index in [4.69, 9.17) is 18.9 Å². The first-order valence-electron chi connectivity index (χ1n) is 10.7. The summed E-state index contributed by atoms with van der Waals surface area (Å²) in [5.41, 5.74) is -0.734. The van der Waals surface area contributed by atoms with Gasteiger partial charge in [-0.3, -0.25) is 9.59 Å². The highest BCUT2D eigenvalue weighted by Crippen LogP contribution is 2.58. The van der Waals surface area contributed by atoms with Gasteiger partial charge in [0.25, 0.3) is 0 Å². The van der Waals surface area contributed by atoms with E-state index < -0.39 is 17.0 Å². The van der Waals surface area contributed by atoms with Crippen molar-refractivity contribution in [1.82, 2.24) is 0 Å². The molecule has 1 spiro atoms. The van der Waals surface area contributed by atoms with Crippen molar-refractivity contribution in [3.05, 3.63) is 0 Å². The van der Waals surface area contributed by atoms with E-state index in [1.165, 1.54) is 0 Å². The molecule has 5 rings (SSSR count). The van der Waals surface area contributed by atoms with E-state index in [9.17, 15) is 9.59 Å². The van der Waals surface area contributed by atoms with E-state index >= 15 is 0 Å². The monoisotopic (exact) mass is 378 g/mol. The lowest BCUT2D eigenvalue weighted by Gasteiger charge is -2.54. The van der Waals surface area contributed by atoms with E-state index in [-0.39, 0.29) is 29.3 Å². The van der Waals surface area contributed by atoms with Crippen molar-refractivity contribution >= 4 is 11.6 Å². The van der Waals surface area contributed by atoms with Gasteiger partial charge in [0.15, 0.2) is 11.6 Å². The second-order valence-electron chi connectivity index (χ2n) is 9.11. The average Bonchev–Trinajstić information content (AvgIpc) is 3.37. The van der Waals surface area contributed by atoms with Crippen LogP contribution in [0.2, 0.25) is 0 Å². The predicted octanol–water partition coefficient (Wildman–Crippen LogP) is 2.63. The van der Waals surface area contributed by atoms with Crippen LogP contribution < -0.4 is 0 Å². The first-order chi connectivity index (χ1) is 13.0. The number of hydrogen-bond donors (Lipinski definition) is 0. The average molecular weight is 378 g/mol. The third-order valence-corrected chi connectivity index (χ3v) is 7.95. The smallest absolute Gasteiger partial charge is 0.232 e. The minimum Gasteiger partial charge on any atom is -0.347 e. The molecule has 2 heterocycles. The fraction of sp³-hybridized carbons (Fsp3) is 0.905. The SMILES string of the molecule is CC1([C@]23CCC[C@@H](C2)C(=O)C2(OCCO2)[C@@H]2CCCC[C@H]2C3=O)OCCO1. The summed E-state index contributed by atoms with van der Waals surface area (Å²) in [5, 5.41) is 0. The Morgan fingerprint density at radius 1 is 0.815 bits per heavy atom. The molecule has 3 saturated carbocycles. The first-order valence-corrected chi connectivity index (χ1v) is 10.7. The number of ether oxygens (including phenoxy) is 4. The molecule has 6 heteroatoms. The van der Waals surface area contributed by atoms with Crippen LogP contribution in [0.25, 0.3) is 0 Å². The van der Waals surface area contributed by atoms with E-state index in [1.807, 2.05) is 6.92 Å². The molecule has 2 saturated heterocycles. The maximum Gasteiger partial charge on any atom is 0.232 e. The Labute approximate surface area is 160 Å². The van der Waals surface area contributed by atoms with Gasteiger partial charge in [-0.25, -0.2) is 0 Å². The van der Waals surface area contributed by atoms with Crippen LogP contribution in [0.4, 0.5) is 0 Å². The lowest BCUT2D eigenvalue weighted by Crippen LogP contribution is -2.64. The topological polar surface area (TPSA) is 71.1 Å². The Balaban J connectivity index is 1.63. The zero-order valence-electron chi connectivity index (χ0n) is 16.2. The summed E-state index contributed by atoms with van der Waals surface area (Å²) in [6, 6.07) is 0. The zero-order valence-corrected chi connectivity index (χ0v) is 16.2. The second kappa shape index (κ2) is 6.34. The number of fused-ring (bicyclic) bond motifs is 4. The van der Waals surface area contributed by atoms with E-state index in [2.05, 4.69) is 0 Å². The molecule has 6 nitrogen and oxygen atoms in total. The van der Waals surface area contributed by atoms with Gasteiger partial charge >= 0.3 is 0 Å². The van der Waals surface area contributed by atoms with Gasteiger partial charge in [-0.05, 0) is 39.0 Å². The lowest BCUT2D eigenvalue weighted by atomic mass is 9.53. The number of carbonyl (C=O) groups excluding carboxylic acids is 2. The Morgan fingerprint density at radius 2 is 1.48 bits per heavy atom. The zero-order chi connectivity index (χ0) is 18.7. The number of Topliss-reactive ketones (excluding diaryl/α,β-unsaturated/α-hetero) is 2. The largest absolute Gasteiger partial charge is 0.347 e. The van der Waals surface area contributed by atoms with Crippen LogP contribution in [0.5, 0.6) is 0 Å². The summed E-state index contributed by atoms with van der Waals surface area (Å²) in [7, 11) is 0. The van der Waals surface area contributed by atoms with Crippen molar-refractivity contribution < 1.29 is 28.5 Å². The predicted molar refractivity (Wildman–Crippen MR) is 94.8 cm³/mol. The molecule has 5 fully saturated rings. The van der Waals surface area contributed by atoms with E-state index in [0.717, 1.165) is 44.9 Å². The van der Waals surface area contributed by atoms with Crippen molar-refractivity contribution in [2.45, 2.75) is 69.9 Å². The van der Waals surface area contributed by atoms with Crippen molar-refractivity contribution in [3.8, 4) is 0 Å². The van der Waals surface area contributed by atoms with Crippen LogP contribution in [0.3, 0.4) is 0 Å². The summed E-state index contributed by atoms with van der Waals surface area (Å²) in [6.07, 6.45) is 6.49. The molecule has 27 heavy (non-hydrogen) atoms. The number of carbonyl (C=O) groups is 2. The highest BCUT2D eigenvalue weighted by atomic mass is 16.7. The standard InChI is InChI=1S/C21H30O6/c1-19(24-9-10-25-19)20-8-4-5-14(13-20)17(22)21(26-11-12-27-21)16-7-3-2-6-15(16)18(20)23/h14-16H,2-13H2,1H3/t14-,15+,16+,20+/m0/s1.